The molecule has 0 aromatic heterocycles. The van der Waals surface area contributed by atoms with Gasteiger partial charge in [-0.1, -0.05) is 38.1 Å². The molecule has 1 heterocycles. The summed E-state index contributed by atoms with van der Waals surface area (Å²) in [6.45, 7) is 7.78. The molecule has 0 spiro atoms. The molecule has 6 nitrogen and oxygen atoms in total. The van der Waals surface area contributed by atoms with Crippen LogP contribution in [0.25, 0.3) is 0 Å². The number of nitrogens with one attached hydrogen (secondary N) is 1. The van der Waals surface area contributed by atoms with Gasteiger partial charge in [-0.3, -0.25) is 9.69 Å². The smallest absolute Gasteiger partial charge is 0.255 e. The third-order valence-corrected chi connectivity index (χ3v) is 5.77. The number of para-hydroxylation sites is 1. The summed E-state index contributed by atoms with van der Waals surface area (Å²) < 4.78 is 17.0. The highest BCUT2D eigenvalue weighted by atomic mass is 16.5. The first kappa shape index (κ1) is 23.1. The quantitative estimate of drug-likeness (QED) is 0.587. The molecule has 1 fully saturated rings. The topological polar surface area (TPSA) is 60.0 Å². The highest BCUT2D eigenvalue weighted by molar-refractivity contribution is 5.96. The van der Waals surface area contributed by atoms with Crippen LogP contribution < -0.4 is 14.8 Å². The molecule has 0 aliphatic carbocycles. The van der Waals surface area contributed by atoms with E-state index < -0.39 is 0 Å². The first-order valence-corrected chi connectivity index (χ1v) is 11.2. The van der Waals surface area contributed by atoms with Gasteiger partial charge in [-0.15, -0.1) is 0 Å². The third kappa shape index (κ3) is 6.21. The van der Waals surface area contributed by atoms with E-state index in [9.17, 15) is 4.79 Å². The van der Waals surface area contributed by atoms with Crippen molar-refractivity contribution in [2.45, 2.75) is 38.8 Å². The maximum Gasteiger partial charge on any atom is 0.255 e. The van der Waals surface area contributed by atoms with Gasteiger partial charge in [0.05, 0.1) is 24.8 Å². The molecule has 168 valence electrons. The van der Waals surface area contributed by atoms with Gasteiger partial charge in [-0.05, 0) is 55.8 Å². The Morgan fingerprint density at radius 2 is 2.00 bits per heavy atom. The number of methoxy groups -OCH3 is 1. The molecule has 6 heteroatoms. The Morgan fingerprint density at radius 3 is 2.71 bits per heavy atom. The number of benzene rings is 2. The molecular weight excluding hydrogens is 392 g/mol. The van der Waals surface area contributed by atoms with Crippen molar-refractivity contribution in [3.05, 3.63) is 59.7 Å². The highest BCUT2D eigenvalue weighted by Gasteiger charge is 2.22. The van der Waals surface area contributed by atoms with Gasteiger partial charge in [-0.2, -0.15) is 0 Å². The van der Waals surface area contributed by atoms with Crippen molar-refractivity contribution >= 4 is 5.91 Å². The minimum Gasteiger partial charge on any atom is -0.497 e. The van der Waals surface area contributed by atoms with Crippen molar-refractivity contribution in [3.8, 4) is 11.5 Å². The predicted octanol–water partition coefficient (Wildman–Crippen LogP) is 4.07. The molecule has 2 aromatic rings. The fraction of sp³-hybridized carbons (Fsp3) is 0.480. The van der Waals surface area contributed by atoms with Crippen LogP contribution in [0.3, 0.4) is 0 Å². The zero-order valence-corrected chi connectivity index (χ0v) is 18.8. The molecule has 31 heavy (non-hydrogen) atoms. The zero-order chi connectivity index (χ0) is 22.1. The van der Waals surface area contributed by atoms with Gasteiger partial charge in [0, 0.05) is 13.2 Å². The second-order valence-corrected chi connectivity index (χ2v) is 7.67. The van der Waals surface area contributed by atoms with Crippen LogP contribution >= 0.6 is 0 Å². The summed E-state index contributed by atoms with van der Waals surface area (Å²) in [5.41, 5.74) is 1.66. The molecule has 2 aromatic carbocycles. The number of nitrogens with zero attached hydrogens (tertiary/aromatic N) is 1. The average Bonchev–Trinajstić information content (AvgIpc) is 3.34. The summed E-state index contributed by atoms with van der Waals surface area (Å²) >= 11 is 0. The summed E-state index contributed by atoms with van der Waals surface area (Å²) in [4.78, 5) is 15.4. The van der Waals surface area contributed by atoms with Gasteiger partial charge in [-0.25, -0.2) is 0 Å². The van der Waals surface area contributed by atoms with Gasteiger partial charge in [0.1, 0.15) is 18.1 Å². The monoisotopic (exact) mass is 426 g/mol. The van der Waals surface area contributed by atoms with Gasteiger partial charge in [0.2, 0.25) is 0 Å². The number of carbonyl (C=O) groups excluding carboxylic acids is 1. The maximum absolute atomic E-state index is 13.1. The van der Waals surface area contributed by atoms with E-state index >= 15 is 0 Å². The van der Waals surface area contributed by atoms with Crippen molar-refractivity contribution in [1.29, 1.82) is 0 Å². The number of likely N-dealkylation sites (N-methyl/N-ethyl adjacent to an activating group) is 1. The van der Waals surface area contributed by atoms with Crippen molar-refractivity contribution < 1.29 is 19.0 Å². The lowest BCUT2D eigenvalue weighted by atomic mass is 10.0. The Morgan fingerprint density at radius 1 is 1.19 bits per heavy atom. The standard InChI is InChI=1S/C25H34N2O4/c1-4-27(5-2)23(19-10-8-11-20(16-19)29-3)17-26-25(28)22-13-6-7-14-24(22)31-18-21-12-9-15-30-21/h6-8,10-11,13-14,16,21,23H,4-5,9,12,15,17-18H2,1-3H3,(H,26,28). The molecule has 2 atom stereocenters. The van der Waals surface area contributed by atoms with Crippen LogP contribution in [0.1, 0.15) is 48.7 Å². The molecule has 1 amide bonds. The van der Waals surface area contributed by atoms with Crippen molar-refractivity contribution in [1.82, 2.24) is 10.2 Å². The lowest BCUT2D eigenvalue weighted by molar-refractivity contribution is 0.0670. The van der Waals surface area contributed by atoms with E-state index in [0.29, 0.717) is 24.5 Å². The molecule has 1 saturated heterocycles. The average molecular weight is 427 g/mol. The number of hydrogen-bond acceptors (Lipinski definition) is 5. The fourth-order valence-corrected chi connectivity index (χ4v) is 3.99. The second-order valence-electron chi connectivity index (χ2n) is 7.67. The summed E-state index contributed by atoms with van der Waals surface area (Å²) in [5, 5.41) is 3.12. The molecule has 1 N–H and O–H groups in total. The van der Waals surface area contributed by atoms with E-state index in [0.717, 1.165) is 43.9 Å². The van der Waals surface area contributed by atoms with Crippen molar-refractivity contribution in [2.24, 2.45) is 0 Å². The Balaban J connectivity index is 1.70. The van der Waals surface area contributed by atoms with E-state index in [1.807, 2.05) is 36.4 Å². The van der Waals surface area contributed by atoms with Gasteiger partial charge >= 0.3 is 0 Å². The summed E-state index contributed by atoms with van der Waals surface area (Å²) in [5.74, 6) is 1.27. The van der Waals surface area contributed by atoms with Crippen LogP contribution in [0.5, 0.6) is 11.5 Å². The normalized spacial score (nSPS) is 16.8. The van der Waals surface area contributed by atoms with Crippen LogP contribution in [-0.2, 0) is 4.74 Å². The Hall–Kier alpha value is -2.57. The maximum atomic E-state index is 13.1. The highest BCUT2D eigenvalue weighted by Crippen LogP contribution is 2.25. The van der Waals surface area contributed by atoms with Crippen LogP contribution in [0, 0.1) is 0 Å². The first-order valence-electron chi connectivity index (χ1n) is 11.2. The fourth-order valence-electron chi connectivity index (χ4n) is 3.99. The third-order valence-electron chi connectivity index (χ3n) is 5.77. The van der Waals surface area contributed by atoms with Gasteiger partial charge in [0.25, 0.3) is 5.91 Å². The molecule has 2 unspecified atom stereocenters. The number of amides is 1. The van der Waals surface area contributed by atoms with Gasteiger partial charge < -0.3 is 19.5 Å². The number of carbonyl (C=O) groups is 1. The summed E-state index contributed by atoms with van der Waals surface area (Å²) in [6, 6.07) is 15.5. The molecular formula is C25H34N2O4. The Kier molecular flexibility index (Phi) is 8.74. The molecule has 0 bridgehead atoms. The van der Waals surface area contributed by atoms with Crippen molar-refractivity contribution in [2.75, 3.05) is 40.0 Å². The largest absolute Gasteiger partial charge is 0.497 e. The van der Waals surface area contributed by atoms with Crippen LogP contribution in [-0.4, -0.2) is 56.9 Å². The lowest BCUT2D eigenvalue weighted by Crippen LogP contribution is -2.38. The van der Waals surface area contributed by atoms with E-state index in [1.165, 1.54) is 0 Å². The second kappa shape index (κ2) is 11.7. The molecule has 0 radical (unpaired) electrons. The van der Waals surface area contributed by atoms with Gasteiger partial charge in [0.15, 0.2) is 0 Å². The predicted molar refractivity (Wildman–Crippen MR) is 122 cm³/mol. The van der Waals surface area contributed by atoms with E-state index in [2.05, 4.69) is 30.1 Å². The minimum absolute atomic E-state index is 0.0500. The Bertz CT molecular complexity index is 832. The minimum atomic E-state index is -0.136. The SMILES string of the molecule is CCN(CC)C(CNC(=O)c1ccccc1OCC1CCCO1)c1cccc(OC)c1. The van der Waals surface area contributed by atoms with Crippen LogP contribution in [0.15, 0.2) is 48.5 Å². The number of hydrogen-bond donors (Lipinski definition) is 1. The van der Waals surface area contributed by atoms with E-state index in [1.54, 1.807) is 13.2 Å². The molecule has 0 saturated carbocycles. The number of rotatable bonds is 11. The molecule has 1 aliphatic heterocycles. The van der Waals surface area contributed by atoms with E-state index in [-0.39, 0.29) is 18.1 Å². The van der Waals surface area contributed by atoms with Crippen LogP contribution in [0.2, 0.25) is 0 Å². The molecule has 1 aliphatic rings. The lowest BCUT2D eigenvalue weighted by Gasteiger charge is -2.30. The van der Waals surface area contributed by atoms with Crippen LogP contribution in [0.4, 0.5) is 0 Å². The number of ether oxygens (including phenoxy) is 3. The Labute approximate surface area is 185 Å². The first-order chi connectivity index (χ1) is 15.2. The van der Waals surface area contributed by atoms with E-state index in [4.69, 9.17) is 14.2 Å². The summed E-state index contributed by atoms with van der Waals surface area (Å²) in [7, 11) is 1.67. The summed E-state index contributed by atoms with van der Waals surface area (Å²) in [6.07, 6.45) is 2.17. The van der Waals surface area contributed by atoms with Crippen molar-refractivity contribution in [3.63, 3.8) is 0 Å². The zero-order valence-electron chi connectivity index (χ0n) is 18.8. The molecule has 3 rings (SSSR count).